The quantitative estimate of drug-likeness (QED) is 0.768. The number of aliphatic hydroxyl groups excluding tert-OH is 1. The van der Waals surface area contributed by atoms with E-state index in [9.17, 15) is 5.11 Å². The molecular formula is C16H12O3. The number of fused-ring (bicyclic) bond motifs is 4. The Bertz CT molecular complexity index is 690. The van der Waals surface area contributed by atoms with Crippen molar-refractivity contribution < 1.29 is 14.6 Å². The maximum Gasteiger partial charge on any atom is 0.290 e. The van der Waals surface area contributed by atoms with Gasteiger partial charge in [0.15, 0.2) is 0 Å². The van der Waals surface area contributed by atoms with Crippen molar-refractivity contribution in [3.05, 3.63) is 70.9 Å². The lowest BCUT2D eigenvalue weighted by Gasteiger charge is -2.30. The summed E-state index contributed by atoms with van der Waals surface area (Å²) in [5.41, 5.74) is 3.63. The molecule has 1 N–H and O–H groups in total. The van der Waals surface area contributed by atoms with Gasteiger partial charge in [-0.25, -0.2) is 0 Å². The van der Waals surface area contributed by atoms with Gasteiger partial charge in [0.05, 0.1) is 5.57 Å². The van der Waals surface area contributed by atoms with E-state index in [1.54, 1.807) is 0 Å². The lowest BCUT2D eigenvalue weighted by Crippen LogP contribution is -2.20. The number of para-hydroxylation sites is 1. The number of benzene rings is 1. The van der Waals surface area contributed by atoms with E-state index in [4.69, 9.17) is 9.47 Å². The molecule has 0 atom stereocenters. The average molecular weight is 252 g/mol. The molecule has 94 valence electrons. The van der Waals surface area contributed by atoms with Crippen LogP contribution < -0.4 is 4.74 Å². The number of ether oxygens (including phenoxy) is 2. The van der Waals surface area contributed by atoms with E-state index in [1.165, 1.54) is 0 Å². The summed E-state index contributed by atoms with van der Waals surface area (Å²) >= 11 is 0. The number of allylic oxidation sites excluding steroid dienone is 3. The van der Waals surface area contributed by atoms with Crippen LogP contribution in [0.25, 0.3) is 5.57 Å². The van der Waals surface area contributed by atoms with Crippen molar-refractivity contribution in [2.75, 3.05) is 6.61 Å². The van der Waals surface area contributed by atoms with E-state index in [-0.39, 0.29) is 5.95 Å². The van der Waals surface area contributed by atoms with Crippen molar-refractivity contribution in [3.63, 3.8) is 0 Å². The molecule has 1 aromatic carbocycles. The van der Waals surface area contributed by atoms with Crippen molar-refractivity contribution >= 4 is 5.57 Å². The third-order valence-corrected chi connectivity index (χ3v) is 3.57. The van der Waals surface area contributed by atoms with E-state index in [0.29, 0.717) is 6.61 Å². The molecule has 3 heteroatoms. The van der Waals surface area contributed by atoms with Crippen LogP contribution in [0.5, 0.6) is 5.75 Å². The highest BCUT2D eigenvalue weighted by molar-refractivity contribution is 5.87. The van der Waals surface area contributed by atoms with Gasteiger partial charge in [-0.2, -0.15) is 0 Å². The van der Waals surface area contributed by atoms with Crippen molar-refractivity contribution in [2.24, 2.45) is 0 Å². The Labute approximate surface area is 110 Å². The second-order valence-corrected chi connectivity index (χ2v) is 4.67. The molecule has 1 aliphatic carbocycles. The highest BCUT2D eigenvalue weighted by Gasteiger charge is 2.32. The Hall–Kier alpha value is -2.42. The summed E-state index contributed by atoms with van der Waals surface area (Å²) in [5.74, 6) is 1.47. The van der Waals surface area contributed by atoms with Crippen LogP contribution in [0, 0.1) is 0 Å². The Balaban J connectivity index is 1.98. The molecule has 1 aromatic rings. The molecule has 0 aromatic heterocycles. The molecule has 0 bridgehead atoms. The highest BCUT2D eigenvalue weighted by Crippen LogP contribution is 2.44. The SMILES string of the molecule is OC1=C2C(=C3C=CCC=C3O1)COc1ccccc12. The summed E-state index contributed by atoms with van der Waals surface area (Å²) in [6.07, 6.45) is 6.91. The first-order valence-electron chi connectivity index (χ1n) is 6.28. The van der Waals surface area contributed by atoms with Gasteiger partial charge in [-0.3, -0.25) is 0 Å². The number of hydrogen-bond donors (Lipinski definition) is 1. The smallest absolute Gasteiger partial charge is 0.290 e. The maximum absolute atomic E-state index is 10.2. The molecule has 0 radical (unpaired) electrons. The van der Waals surface area contributed by atoms with Crippen molar-refractivity contribution in [1.29, 1.82) is 0 Å². The van der Waals surface area contributed by atoms with Crippen LogP contribution in [-0.2, 0) is 4.74 Å². The van der Waals surface area contributed by atoms with Gasteiger partial charge in [0.2, 0.25) is 0 Å². The molecule has 4 rings (SSSR count). The van der Waals surface area contributed by atoms with Gasteiger partial charge in [-0.15, -0.1) is 0 Å². The van der Waals surface area contributed by atoms with E-state index in [0.717, 1.165) is 40.2 Å². The Kier molecular flexibility index (Phi) is 2.09. The number of rotatable bonds is 0. The molecule has 0 spiro atoms. The predicted octanol–water partition coefficient (Wildman–Crippen LogP) is 3.48. The van der Waals surface area contributed by atoms with Crippen LogP contribution in [0.1, 0.15) is 12.0 Å². The lowest BCUT2D eigenvalue weighted by molar-refractivity contribution is 0.148. The van der Waals surface area contributed by atoms with E-state index >= 15 is 0 Å². The van der Waals surface area contributed by atoms with Crippen LogP contribution in [0.4, 0.5) is 0 Å². The van der Waals surface area contributed by atoms with Crippen LogP contribution in [-0.4, -0.2) is 11.7 Å². The fraction of sp³-hybridized carbons (Fsp3) is 0.125. The molecule has 0 saturated carbocycles. The maximum atomic E-state index is 10.2. The summed E-state index contributed by atoms with van der Waals surface area (Å²) in [6, 6.07) is 7.69. The zero-order valence-corrected chi connectivity index (χ0v) is 10.2. The molecule has 0 unspecified atom stereocenters. The van der Waals surface area contributed by atoms with Crippen LogP contribution in [0.15, 0.2) is 65.3 Å². The molecule has 3 aliphatic rings. The fourth-order valence-corrected chi connectivity index (χ4v) is 2.69. The van der Waals surface area contributed by atoms with Gasteiger partial charge in [0.25, 0.3) is 5.95 Å². The van der Waals surface area contributed by atoms with Gasteiger partial charge in [-0.05, 0) is 18.6 Å². The van der Waals surface area contributed by atoms with Gasteiger partial charge in [-0.1, -0.05) is 30.4 Å². The first kappa shape index (κ1) is 10.5. The van der Waals surface area contributed by atoms with Crippen molar-refractivity contribution in [1.82, 2.24) is 0 Å². The molecular weight excluding hydrogens is 240 g/mol. The molecule has 19 heavy (non-hydrogen) atoms. The van der Waals surface area contributed by atoms with Crippen molar-refractivity contribution in [3.8, 4) is 5.75 Å². The minimum Gasteiger partial charge on any atom is -0.488 e. The van der Waals surface area contributed by atoms with E-state index < -0.39 is 0 Å². The summed E-state index contributed by atoms with van der Waals surface area (Å²) in [4.78, 5) is 0. The molecule has 2 heterocycles. The number of hydrogen-bond acceptors (Lipinski definition) is 3. The predicted molar refractivity (Wildman–Crippen MR) is 71.4 cm³/mol. The molecule has 0 saturated heterocycles. The van der Waals surface area contributed by atoms with Crippen LogP contribution in [0.2, 0.25) is 0 Å². The second-order valence-electron chi connectivity index (χ2n) is 4.67. The fourth-order valence-electron chi connectivity index (χ4n) is 2.69. The van der Waals surface area contributed by atoms with Gasteiger partial charge >= 0.3 is 0 Å². The first-order chi connectivity index (χ1) is 9.34. The lowest BCUT2D eigenvalue weighted by atomic mass is 9.88. The summed E-state index contributed by atoms with van der Waals surface area (Å²) in [7, 11) is 0. The summed E-state index contributed by atoms with van der Waals surface area (Å²) < 4.78 is 11.3. The largest absolute Gasteiger partial charge is 0.488 e. The normalized spacial score (nSPS) is 19.9. The third-order valence-electron chi connectivity index (χ3n) is 3.57. The average Bonchev–Trinajstić information content (AvgIpc) is 2.46. The summed E-state index contributed by atoms with van der Waals surface area (Å²) in [6.45, 7) is 0.455. The molecule has 3 nitrogen and oxygen atoms in total. The molecule has 2 aliphatic heterocycles. The third kappa shape index (κ3) is 1.45. The molecule has 0 amide bonds. The number of aliphatic hydroxyl groups is 1. The monoisotopic (exact) mass is 252 g/mol. The van der Waals surface area contributed by atoms with E-state index in [2.05, 4.69) is 6.08 Å². The first-order valence-corrected chi connectivity index (χ1v) is 6.28. The van der Waals surface area contributed by atoms with E-state index in [1.807, 2.05) is 36.4 Å². The second kappa shape index (κ2) is 3.79. The molecule has 0 fully saturated rings. The highest BCUT2D eigenvalue weighted by atomic mass is 16.6. The Morgan fingerprint density at radius 3 is 3.00 bits per heavy atom. The zero-order valence-electron chi connectivity index (χ0n) is 10.2. The zero-order chi connectivity index (χ0) is 12.8. The van der Waals surface area contributed by atoms with Gasteiger partial charge in [0, 0.05) is 16.7 Å². The van der Waals surface area contributed by atoms with Crippen LogP contribution in [0.3, 0.4) is 0 Å². The summed E-state index contributed by atoms with van der Waals surface area (Å²) in [5, 5.41) is 10.2. The topological polar surface area (TPSA) is 38.7 Å². The Morgan fingerprint density at radius 1 is 1.16 bits per heavy atom. The Morgan fingerprint density at radius 2 is 2.05 bits per heavy atom. The minimum absolute atomic E-state index is 0.0314. The van der Waals surface area contributed by atoms with Gasteiger partial charge in [0.1, 0.15) is 18.1 Å². The minimum atomic E-state index is -0.0314. The van der Waals surface area contributed by atoms with Crippen LogP contribution >= 0.6 is 0 Å². The van der Waals surface area contributed by atoms with Crippen molar-refractivity contribution in [2.45, 2.75) is 6.42 Å². The van der Waals surface area contributed by atoms with Gasteiger partial charge < -0.3 is 14.6 Å². The standard InChI is InChI=1S/C16H12O3/c17-16-15-11-6-2-3-7-13(11)18-9-12(15)10-5-1-4-8-14(10)19-16/h1-3,5-8,17H,4,9H2.